The van der Waals surface area contributed by atoms with Crippen molar-refractivity contribution in [2.75, 3.05) is 0 Å². The predicted molar refractivity (Wildman–Crippen MR) is 49.5 cm³/mol. The summed E-state index contributed by atoms with van der Waals surface area (Å²) >= 11 is 0. The summed E-state index contributed by atoms with van der Waals surface area (Å²) in [5, 5.41) is 2.93. The topological polar surface area (TPSA) is 42.0 Å². The molecule has 1 aliphatic carbocycles. The summed E-state index contributed by atoms with van der Waals surface area (Å²) in [4.78, 5) is 15.5. The molecule has 1 amide bonds. The average molecular weight is 176 g/mol. The second-order valence-corrected chi connectivity index (χ2v) is 3.43. The molecule has 1 aliphatic rings. The van der Waals surface area contributed by atoms with Gasteiger partial charge in [-0.05, 0) is 31.9 Å². The lowest BCUT2D eigenvalue weighted by atomic mass is 10.2. The number of nitrogens with one attached hydrogen (secondary N) is 1. The van der Waals surface area contributed by atoms with E-state index in [0.717, 1.165) is 18.5 Å². The number of hydrogen-bond donors (Lipinski definition) is 1. The van der Waals surface area contributed by atoms with Gasteiger partial charge in [0, 0.05) is 23.5 Å². The number of aryl methyl sites for hydroxylation is 1. The molecule has 0 spiro atoms. The maximum absolute atomic E-state index is 11.5. The fraction of sp³-hybridized carbons (Fsp3) is 0.400. The number of carbonyl (C=O) groups is 1. The first-order valence-electron chi connectivity index (χ1n) is 4.49. The molecule has 0 aliphatic heterocycles. The van der Waals surface area contributed by atoms with E-state index in [9.17, 15) is 4.79 Å². The number of hydrogen-bond acceptors (Lipinski definition) is 2. The van der Waals surface area contributed by atoms with Gasteiger partial charge in [-0.25, -0.2) is 0 Å². The van der Waals surface area contributed by atoms with Gasteiger partial charge in [-0.15, -0.1) is 0 Å². The van der Waals surface area contributed by atoms with Crippen molar-refractivity contribution in [1.29, 1.82) is 0 Å². The Morgan fingerprint density at radius 2 is 2.38 bits per heavy atom. The van der Waals surface area contributed by atoms with Crippen molar-refractivity contribution >= 4 is 5.91 Å². The van der Waals surface area contributed by atoms with Crippen molar-refractivity contribution in [1.82, 2.24) is 10.3 Å². The summed E-state index contributed by atoms with van der Waals surface area (Å²) < 4.78 is 0. The number of nitrogens with zero attached hydrogens (tertiary/aromatic N) is 1. The summed E-state index contributed by atoms with van der Waals surface area (Å²) in [6.07, 6.45) is 3.91. The fourth-order valence-electron chi connectivity index (χ4n) is 1.18. The summed E-state index contributed by atoms with van der Waals surface area (Å²) in [5.74, 6) is 0.0213. The maximum Gasteiger partial charge on any atom is 0.251 e. The second-order valence-electron chi connectivity index (χ2n) is 3.43. The van der Waals surface area contributed by atoms with Crippen LogP contribution in [0.5, 0.6) is 0 Å². The molecule has 1 aromatic rings. The molecule has 13 heavy (non-hydrogen) atoms. The Labute approximate surface area is 77.2 Å². The van der Waals surface area contributed by atoms with E-state index in [4.69, 9.17) is 0 Å². The Kier molecular flexibility index (Phi) is 2.00. The molecular weight excluding hydrogens is 164 g/mol. The predicted octanol–water partition coefficient (Wildman–Crippen LogP) is 1.28. The van der Waals surface area contributed by atoms with E-state index in [2.05, 4.69) is 10.3 Å². The van der Waals surface area contributed by atoms with Crippen LogP contribution in [0.3, 0.4) is 0 Å². The summed E-state index contributed by atoms with van der Waals surface area (Å²) in [7, 11) is 0. The normalized spacial score (nSPS) is 15.5. The van der Waals surface area contributed by atoms with Gasteiger partial charge in [0.25, 0.3) is 5.91 Å². The monoisotopic (exact) mass is 176 g/mol. The first kappa shape index (κ1) is 8.23. The standard InChI is InChI=1S/C10H12N2O/c1-7-6-8(4-5-11-7)10(13)12-9-2-3-9/h4-6,9H,2-3H2,1H3,(H,12,13). The van der Waals surface area contributed by atoms with Crippen molar-refractivity contribution in [3.8, 4) is 0 Å². The largest absolute Gasteiger partial charge is 0.349 e. The molecule has 3 heteroatoms. The molecule has 1 fully saturated rings. The van der Waals surface area contributed by atoms with Crippen LogP contribution in [0, 0.1) is 6.92 Å². The van der Waals surface area contributed by atoms with Crippen LogP contribution in [-0.2, 0) is 0 Å². The van der Waals surface area contributed by atoms with Crippen LogP contribution in [0.15, 0.2) is 18.3 Å². The highest BCUT2D eigenvalue weighted by atomic mass is 16.1. The van der Waals surface area contributed by atoms with Gasteiger partial charge in [-0.3, -0.25) is 9.78 Å². The molecule has 68 valence electrons. The van der Waals surface area contributed by atoms with Gasteiger partial charge in [0.1, 0.15) is 0 Å². The van der Waals surface area contributed by atoms with Crippen molar-refractivity contribution < 1.29 is 4.79 Å². The van der Waals surface area contributed by atoms with Gasteiger partial charge in [0.2, 0.25) is 0 Å². The van der Waals surface area contributed by atoms with Crippen LogP contribution >= 0.6 is 0 Å². The van der Waals surface area contributed by atoms with E-state index in [1.54, 1.807) is 18.3 Å². The van der Waals surface area contributed by atoms with Crippen molar-refractivity contribution in [2.24, 2.45) is 0 Å². The minimum absolute atomic E-state index is 0.0213. The fourth-order valence-corrected chi connectivity index (χ4v) is 1.18. The van der Waals surface area contributed by atoms with E-state index in [-0.39, 0.29) is 5.91 Å². The molecule has 0 radical (unpaired) electrons. The highest BCUT2D eigenvalue weighted by Crippen LogP contribution is 2.19. The van der Waals surface area contributed by atoms with Gasteiger partial charge in [0.15, 0.2) is 0 Å². The lowest BCUT2D eigenvalue weighted by Crippen LogP contribution is -2.25. The number of rotatable bonds is 2. The summed E-state index contributed by atoms with van der Waals surface area (Å²) in [6.45, 7) is 1.88. The minimum atomic E-state index is 0.0213. The van der Waals surface area contributed by atoms with Crippen LogP contribution in [-0.4, -0.2) is 16.9 Å². The first-order valence-corrected chi connectivity index (χ1v) is 4.49. The minimum Gasteiger partial charge on any atom is -0.349 e. The molecule has 0 aromatic carbocycles. The maximum atomic E-state index is 11.5. The third-order valence-corrected chi connectivity index (χ3v) is 2.07. The molecule has 1 aromatic heterocycles. The van der Waals surface area contributed by atoms with Gasteiger partial charge in [-0.1, -0.05) is 0 Å². The second kappa shape index (κ2) is 3.17. The zero-order valence-electron chi connectivity index (χ0n) is 7.58. The highest BCUT2D eigenvalue weighted by molar-refractivity contribution is 5.94. The molecule has 3 nitrogen and oxygen atoms in total. The lowest BCUT2D eigenvalue weighted by Gasteiger charge is -2.02. The molecule has 1 saturated carbocycles. The van der Waals surface area contributed by atoms with Crippen molar-refractivity contribution in [3.05, 3.63) is 29.6 Å². The molecule has 0 bridgehead atoms. The molecule has 1 heterocycles. The van der Waals surface area contributed by atoms with E-state index in [0.29, 0.717) is 11.6 Å². The van der Waals surface area contributed by atoms with Crippen LogP contribution in [0.2, 0.25) is 0 Å². The summed E-state index contributed by atoms with van der Waals surface area (Å²) in [6, 6.07) is 3.96. The van der Waals surface area contributed by atoms with Crippen LogP contribution < -0.4 is 5.32 Å². The van der Waals surface area contributed by atoms with E-state index in [1.807, 2.05) is 6.92 Å². The number of amides is 1. The smallest absolute Gasteiger partial charge is 0.251 e. The van der Waals surface area contributed by atoms with E-state index >= 15 is 0 Å². The number of pyridine rings is 1. The van der Waals surface area contributed by atoms with Crippen molar-refractivity contribution in [3.63, 3.8) is 0 Å². The number of aromatic nitrogens is 1. The average Bonchev–Trinajstić information content (AvgIpc) is 2.88. The lowest BCUT2D eigenvalue weighted by molar-refractivity contribution is 0.0951. The Morgan fingerprint density at radius 1 is 1.62 bits per heavy atom. The number of carbonyl (C=O) groups excluding carboxylic acids is 1. The first-order chi connectivity index (χ1) is 6.25. The molecule has 0 saturated heterocycles. The van der Waals surface area contributed by atoms with Crippen LogP contribution in [0.4, 0.5) is 0 Å². The van der Waals surface area contributed by atoms with Gasteiger partial charge >= 0.3 is 0 Å². The van der Waals surface area contributed by atoms with Gasteiger partial charge in [0.05, 0.1) is 0 Å². The molecule has 0 unspecified atom stereocenters. The van der Waals surface area contributed by atoms with Crippen LogP contribution in [0.25, 0.3) is 0 Å². The molecule has 2 rings (SSSR count). The molecular formula is C10H12N2O. The Bertz CT molecular complexity index is 331. The van der Waals surface area contributed by atoms with Gasteiger partial charge < -0.3 is 5.32 Å². The van der Waals surface area contributed by atoms with Crippen LogP contribution in [0.1, 0.15) is 28.9 Å². The zero-order valence-corrected chi connectivity index (χ0v) is 7.58. The Morgan fingerprint density at radius 3 is 3.00 bits per heavy atom. The van der Waals surface area contributed by atoms with E-state index < -0.39 is 0 Å². The van der Waals surface area contributed by atoms with E-state index in [1.165, 1.54) is 0 Å². The Balaban J connectivity index is 2.09. The third-order valence-electron chi connectivity index (χ3n) is 2.07. The highest BCUT2D eigenvalue weighted by Gasteiger charge is 2.23. The molecule has 0 atom stereocenters. The van der Waals surface area contributed by atoms with Crippen molar-refractivity contribution in [2.45, 2.75) is 25.8 Å². The third kappa shape index (κ3) is 2.05. The zero-order chi connectivity index (χ0) is 9.26. The molecule has 1 N–H and O–H groups in total. The summed E-state index contributed by atoms with van der Waals surface area (Å²) in [5.41, 5.74) is 1.59. The quantitative estimate of drug-likeness (QED) is 0.737. The van der Waals surface area contributed by atoms with Gasteiger partial charge in [-0.2, -0.15) is 0 Å². The SMILES string of the molecule is Cc1cc(C(=O)NC2CC2)ccn1. The Hall–Kier alpha value is -1.38.